The third kappa shape index (κ3) is 5.25. The predicted octanol–water partition coefficient (Wildman–Crippen LogP) is 8.45. The maximum Gasteiger partial charge on any atom is 0.324 e. The maximum absolute atomic E-state index is 10.8. The van der Waals surface area contributed by atoms with Gasteiger partial charge in [0.25, 0.3) is 0 Å². The van der Waals surface area contributed by atoms with Crippen LogP contribution in [0.1, 0.15) is 50.3 Å². The zero-order valence-corrected chi connectivity index (χ0v) is 24.8. The second kappa shape index (κ2) is 10.6. The number of hydrogen-bond donors (Lipinski definition) is 1. The predicted molar refractivity (Wildman–Crippen MR) is 174 cm³/mol. The SMILES string of the molecule is CB(OC(C)(C)C(C)(C)O)c1cc2c(c3ccccc13)-c1ccccc1CC(c1ccc(-c3ccccc3)cc1)C2. The van der Waals surface area contributed by atoms with Gasteiger partial charge < -0.3 is 9.76 Å². The summed E-state index contributed by atoms with van der Waals surface area (Å²) in [5.41, 5.74) is 8.78. The van der Waals surface area contributed by atoms with E-state index in [2.05, 4.69) is 116 Å². The summed E-state index contributed by atoms with van der Waals surface area (Å²) in [6, 6.07) is 39.8. The van der Waals surface area contributed by atoms with Gasteiger partial charge in [0, 0.05) is 0 Å². The van der Waals surface area contributed by atoms with Crippen molar-refractivity contribution in [2.75, 3.05) is 0 Å². The van der Waals surface area contributed by atoms with Crippen molar-refractivity contribution in [2.45, 2.75) is 64.5 Å². The first-order valence-corrected chi connectivity index (χ1v) is 14.8. The van der Waals surface area contributed by atoms with Crippen LogP contribution in [0.3, 0.4) is 0 Å². The molecule has 2 nitrogen and oxygen atoms in total. The highest BCUT2D eigenvalue weighted by Crippen LogP contribution is 2.42. The van der Waals surface area contributed by atoms with Gasteiger partial charge in [-0.25, -0.2) is 0 Å². The molecule has 41 heavy (non-hydrogen) atoms. The highest BCUT2D eigenvalue weighted by Gasteiger charge is 2.39. The molecular weight excluding hydrogens is 499 g/mol. The van der Waals surface area contributed by atoms with Crippen molar-refractivity contribution in [3.8, 4) is 22.3 Å². The van der Waals surface area contributed by atoms with Gasteiger partial charge in [-0.15, -0.1) is 0 Å². The normalized spacial score (nSPS) is 15.2. The van der Waals surface area contributed by atoms with E-state index in [1.807, 2.05) is 27.7 Å². The number of rotatable bonds is 6. The van der Waals surface area contributed by atoms with Crippen LogP contribution >= 0.6 is 0 Å². The van der Waals surface area contributed by atoms with Crippen LogP contribution in [0.15, 0.2) is 109 Å². The van der Waals surface area contributed by atoms with E-state index in [4.69, 9.17) is 4.65 Å². The van der Waals surface area contributed by atoms with Crippen LogP contribution < -0.4 is 5.46 Å². The lowest BCUT2D eigenvalue weighted by atomic mass is 9.60. The second-order valence-corrected chi connectivity index (χ2v) is 12.6. The molecule has 5 aromatic rings. The molecule has 5 aromatic carbocycles. The van der Waals surface area contributed by atoms with E-state index in [0.29, 0.717) is 5.92 Å². The lowest BCUT2D eigenvalue weighted by Crippen LogP contribution is -2.52. The number of fused-ring (bicyclic) bond motifs is 5. The van der Waals surface area contributed by atoms with E-state index < -0.39 is 11.2 Å². The van der Waals surface area contributed by atoms with Crippen molar-refractivity contribution in [1.82, 2.24) is 0 Å². The minimum Gasteiger partial charge on any atom is -0.423 e. The lowest BCUT2D eigenvalue weighted by molar-refractivity contribution is -0.0917. The standard InChI is InChI=1S/C38H39BO2/c1-37(2,40)38(3,4)41-39(5)35-25-31-24-30(28-21-19-27(20-22-28)26-13-7-6-8-14-26)23-29-15-9-10-16-32(29)36(31)34-18-12-11-17-33(34)35/h6-22,25,30,40H,23-24H2,1-5H3. The Balaban J connectivity index is 1.47. The summed E-state index contributed by atoms with van der Waals surface area (Å²) in [4.78, 5) is 0. The first-order chi connectivity index (χ1) is 19.6. The van der Waals surface area contributed by atoms with Crippen LogP contribution in [0.25, 0.3) is 33.0 Å². The fourth-order valence-electron chi connectivity index (χ4n) is 6.29. The molecule has 0 aromatic heterocycles. The summed E-state index contributed by atoms with van der Waals surface area (Å²) in [6.07, 6.45) is 1.95. The fraction of sp³-hybridized carbons (Fsp3) is 0.263. The van der Waals surface area contributed by atoms with Gasteiger partial charge in [-0.05, 0) is 102 Å². The summed E-state index contributed by atoms with van der Waals surface area (Å²) in [6.45, 7) is 9.51. The quantitative estimate of drug-likeness (QED) is 0.220. The van der Waals surface area contributed by atoms with Crippen LogP contribution in [-0.2, 0) is 17.5 Å². The zero-order valence-electron chi connectivity index (χ0n) is 24.8. The molecule has 0 heterocycles. The van der Waals surface area contributed by atoms with Crippen molar-refractivity contribution >= 4 is 23.2 Å². The van der Waals surface area contributed by atoms with Crippen LogP contribution in [0.2, 0.25) is 6.82 Å². The minimum atomic E-state index is -0.974. The Bertz CT molecular complexity index is 1680. The highest BCUT2D eigenvalue weighted by molar-refractivity contribution is 6.69. The molecule has 0 bridgehead atoms. The molecule has 206 valence electrons. The maximum atomic E-state index is 10.8. The van der Waals surface area contributed by atoms with E-state index in [-0.39, 0.29) is 6.92 Å². The Hall–Kier alpha value is -3.66. The number of hydrogen-bond acceptors (Lipinski definition) is 2. The van der Waals surface area contributed by atoms with Crippen LogP contribution in [0.5, 0.6) is 0 Å². The molecule has 1 aliphatic rings. The van der Waals surface area contributed by atoms with E-state index in [1.165, 1.54) is 55.2 Å². The lowest BCUT2D eigenvalue weighted by Gasteiger charge is -2.39. The van der Waals surface area contributed by atoms with Gasteiger partial charge in [0.2, 0.25) is 0 Å². The Morgan fingerprint density at radius 1 is 0.683 bits per heavy atom. The smallest absolute Gasteiger partial charge is 0.324 e. The van der Waals surface area contributed by atoms with Gasteiger partial charge in [-0.3, -0.25) is 0 Å². The molecule has 0 saturated heterocycles. The molecule has 0 saturated carbocycles. The van der Waals surface area contributed by atoms with E-state index >= 15 is 0 Å². The summed E-state index contributed by atoms with van der Waals surface area (Å²) in [7, 11) is 0. The molecule has 0 fully saturated rings. The molecule has 0 amide bonds. The molecule has 0 spiro atoms. The number of aliphatic hydroxyl groups is 1. The van der Waals surface area contributed by atoms with Crippen LogP contribution in [0.4, 0.5) is 0 Å². The average Bonchev–Trinajstić information content (AvgIpc) is 3.13. The molecule has 1 atom stereocenters. The third-order valence-electron chi connectivity index (χ3n) is 9.25. The molecule has 0 radical (unpaired) electrons. The summed E-state index contributed by atoms with van der Waals surface area (Å²) >= 11 is 0. The van der Waals surface area contributed by atoms with E-state index in [9.17, 15) is 5.11 Å². The van der Waals surface area contributed by atoms with Crippen LogP contribution in [0, 0.1) is 0 Å². The van der Waals surface area contributed by atoms with Gasteiger partial charge in [0.15, 0.2) is 0 Å². The first kappa shape index (κ1) is 27.5. The van der Waals surface area contributed by atoms with Gasteiger partial charge in [0.1, 0.15) is 0 Å². The largest absolute Gasteiger partial charge is 0.423 e. The van der Waals surface area contributed by atoms with E-state index in [0.717, 1.165) is 12.8 Å². The molecule has 1 aliphatic carbocycles. The minimum absolute atomic E-state index is 0.186. The molecule has 3 heteroatoms. The third-order valence-corrected chi connectivity index (χ3v) is 9.25. The van der Waals surface area contributed by atoms with Crippen molar-refractivity contribution in [3.63, 3.8) is 0 Å². The Morgan fingerprint density at radius 3 is 1.98 bits per heavy atom. The molecule has 0 aliphatic heterocycles. The molecule has 6 rings (SSSR count). The highest BCUT2D eigenvalue weighted by atomic mass is 16.5. The second-order valence-electron chi connectivity index (χ2n) is 12.6. The van der Waals surface area contributed by atoms with E-state index in [1.54, 1.807) is 0 Å². The summed E-state index contributed by atoms with van der Waals surface area (Å²) in [5, 5.41) is 13.3. The average molecular weight is 539 g/mol. The number of benzene rings is 5. The summed E-state index contributed by atoms with van der Waals surface area (Å²) in [5.74, 6) is 0.361. The van der Waals surface area contributed by atoms with Crippen LogP contribution in [-0.4, -0.2) is 23.2 Å². The van der Waals surface area contributed by atoms with Gasteiger partial charge >= 0.3 is 6.92 Å². The van der Waals surface area contributed by atoms with Gasteiger partial charge in [-0.2, -0.15) is 0 Å². The topological polar surface area (TPSA) is 29.5 Å². The Kier molecular flexibility index (Phi) is 7.14. The fourth-order valence-corrected chi connectivity index (χ4v) is 6.29. The molecule has 1 unspecified atom stereocenters. The molecular formula is C38H39BO2. The Labute approximate surface area is 245 Å². The monoisotopic (exact) mass is 538 g/mol. The van der Waals surface area contributed by atoms with Gasteiger partial charge in [0.05, 0.1) is 11.2 Å². The van der Waals surface area contributed by atoms with Gasteiger partial charge in [-0.1, -0.05) is 116 Å². The zero-order chi connectivity index (χ0) is 28.8. The molecule has 1 N–H and O–H groups in total. The first-order valence-electron chi connectivity index (χ1n) is 14.8. The summed E-state index contributed by atoms with van der Waals surface area (Å²) < 4.78 is 6.60. The van der Waals surface area contributed by atoms with Crippen molar-refractivity contribution in [2.24, 2.45) is 0 Å². The van der Waals surface area contributed by atoms with Crippen molar-refractivity contribution in [1.29, 1.82) is 0 Å². The Morgan fingerprint density at radius 2 is 1.27 bits per heavy atom. The van der Waals surface area contributed by atoms with Crippen molar-refractivity contribution < 1.29 is 9.76 Å². The van der Waals surface area contributed by atoms with Crippen molar-refractivity contribution in [3.05, 3.63) is 126 Å².